The van der Waals surface area contributed by atoms with Crippen LogP contribution >= 0.6 is 0 Å². The molecule has 0 saturated heterocycles. The molecule has 0 fully saturated rings. The van der Waals surface area contributed by atoms with Crippen LogP contribution in [-0.2, 0) is 0 Å². The summed E-state index contributed by atoms with van der Waals surface area (Å²) >= 11 is 0. The first-order chi connectivity index (χ1) is 24.2. The van der Waals surface area contributed by atoms with Gasteiger partial charge >= 0.3 is 0 Å². The summed E-state index contributed by atoms with van der Waals surface area (Å²) in [6.07, 6.45) is 0. The lowest BCUT2D eigenvalue weighted by Gasteiger charge is -2.27. The van der Waals surface area contributed by atoms with E-state index in [0.29, 0.717) is 11.3 Å². The molecular formula is C44H27N5. The van der Waals surface area contributed by atoms with Crippen molar-refractivity contribution < 1.29 is 0 Å². The first-order valence-electron chi connectivity index (χ1n) is 16.1. The molecule has 0 unspecified atom stereocenters. The Morgan fingerprint density at radius 2 is 0.959 bits per heavy atom. The summed E-state index contributed by atoms with van der Waals surface area (Å²) < 4.78 is 4.58. The van der Waals surface area contributed by atoms with Crippen molar-refractivity contribution in [1.82, 2.24) is 9.13 Å². The second-order valence-electron chi connectivity index (χ2n) is 12.0. The normalized spacial score (nSPS) is 11.2. The van der Waals surface area contributed by atoms with E-state index in [1.807, 2.05) is 48.5 Å². The Balaban J connectivity index is 1.37. The van der Waals surface area contributed by atoms with Crippen molar-refractivity contribution in [3.63, 3.8) is 0 Å². The van der Waals surface area contributed by atoms with Gasteiger partial charge in [0.05, 0.1) is 51.6 Å². The van der Waals surface area contributed by atoms with Crippen LogP contribution in [0, 0.1) is 17.9 Å². The third kappa shape index (κ3) is 4.38. The highest BCUT2D eigenvalue weighted by molar-refractivity contribution is 6.20. The van der Waals surface area contributed by atoms with Gasteiger partial charge < -0.3 is 14.0 Å². The largest absolute Gasteiger partial charge is 0.309 e. The zero-order valence-electron chi connectivity index (χ0n) is 26.3. The van der Waals surface area contributed by atoms with E-state index in [-0.39, 0.29) is 0 Å². The molecule has 49 heavy (non-hydrogen) atoms. The van der Waals surface area contributed by atoms with Crippen molar-refractivity contribution in [2.24, 2.45) is 0 Å². The lowest BCUT2D eigenvalue weighted by Crippen LogP contribution is -2.11. The van der Waals surface area contributed by atoms with E-state index in [1.165, 1.54) is 0 Å². The standard InChI is InChI=1S/C44H27N5/c1-46-31-23-27-34(28-24-31)48-38-16-8-6-14-36(38)44-40(48)18-10-20-42(44)49(32-11-3-2-4-12-32)41-19-9-17-39-43(41)35-13-5-7-15-37(35)47(39)33-25-21-30(29-45)22-26-33/h2-28H. The fourth-order valence-corrected chi connectivity index (χ4v) is 7.28. The number of benzene rings is 7. The monoisotopic (exact) mass is 625 g/mol. The number of rotatable bonds is 5. The fraction of sp³-hybridized carbons (Fsp3) is 0. The molecule has 0 N–H and O–H groups in total. The topological polar surface area (TPSA) is 41.2 Å². The number of hydrogen-bond acceptors (Lipinski definition) is 2. The molecule has 2 heterocycles. The minimum absolute atomic E-state index is 0.619. The third-order valence-electron chi connectivity index (χ3n) is 9.34. The smallest absolute Gasteiger partial charge is 0.187 e. The molecule has 9 rings (SSSR count). The Labute approximate surface area is 283 Å². The SMILES string of the molecule is [C-]#[N+]c1ccc(-n2c3ccccc3c3c(N(c4ccccc4)c4cccc5c4c4ccccc4n5-c4ccc(C#N)cc4)cccc32)cc1. The predicted molar refractivity (Wildman–Crippen MR) is 201 cm³/mol. The average molecular weight is 626 g/mol. The van der Waals surface area contributed by atoms with Gasteiger partial charge in [0.25, 0.3) is 0 Å². The molecule has 228 valence electrons. The van der Waals surface area contributed by atoms with E-state index < -0.39 is 0 Å². The molecule has 5 nitrogen and oxygen atoms in total. The van der Waals surface area contributed by atoms with Crippen LogP contribution in [0.2, 0.25) is 0 Å². The van der Waals surface area contributed by atoms with Gasteiger partial charge in [0.1, 0.15) is 0 Å². The molecule has 0 aliphatic rings. The Bertz CT molecular complexity index is 2600. The minimum Gasteiger partial charge on any atom is -0.309 e. The average Bonchev–Trinajstić information content (AvgIpc) is 3.69. The zero-order valence-corrected chi connectivity index (χ0v) is 26.3. The predicted octanol–water partition coefficient (Wildman–Crippen LogP) is 11.8. The maximum atomic E-state index is 9.47. The van der Waals surface area contributed by atoms with Crippen molar-refractivity contribution in [3.8, 4) is 17.4 Å². The maximum absolute atomic E-state index is 9.47. The highest BCUT2D eigenvalue weighted by Gasteiger charge is 2.24. The number of hydrogen-bond donors (Lipinski definition) is 0. The second-order valence-corrected chi connectivity index (χ2v) is 12.0. The number of para-hydroxylation sites is 3. The van der Waals surface area contributed by atoms with E-state index >= 15 is 0 Å². The Morgan fingerprint density at radius 3 is 1.47 bits per heavy atom. The number of fused-ring (bicyclic) bond motifs is 6. The maximum Gasteiger partial charge on any atom is 0.187 e. The van der Waals surface area contributed by atoms with Crippen molar-refractivity contribution in [2.75, 3.05) is 4.90 Å². The van der Waals surface area contributed by atoms with Gasteiger partial charge in [-0.25, -0.2) is 4.85 Å². The zero-order chi connectivity index (χ0) is 32.9. The van der Waals surface area contributed by atoms with Crippen LogP contribution in [0.25, 0.3) is 59.8 Å². The van der Waals surface area contributed by atoms with Crippen molar-refractivity contribution >= 4 is 66.4 Å². The van der Waals surface area contributed by atoms with Crippen LogP contribution in [0.15, 0.2) is 164 Å². The molecular weight excluding hydrogens is 599 g/mol. The van der Waals surface area contributed by atoms with Crippen molar-refractivity contribution in [2.45, 2.75) is 0 Å². The van der Waals surface area contributed by atoms with E-state index in [4.69, 9.17) is 6.57 Å². The molecule has 0 aliphatic heterocycles. The van der Waals surface area contributed by atoms with Crippen LogP contribution in [0.4, 0.5) is 22.7 Å². The molecule has 9 aromatic rings. The van der Waals surface area contributed by atoms with Gasteiger partial charge in [0.2, 0.25) is 0 Å². The first kappa shape index (κ1) is 28.2. The van der Waals surface area contributed by atoms with Crippen LogP contribution in [0.3, 0.4) is 0 Å². The summed E-state index contributed by atoms with van der Waals surface area (Å²) in [7, 11) is 0. The van der Waals surface area contributed by atoms with Crippen LogP contribution < -0.4 is 4.90 Å². The lowest BCUT2D eigenvalue weighted by atomic mass is 10.1. The van der Waals surface area contributed by atoms with Crippen LogP contribution in [0.5, 0.6) is 0 Å². The number of anilines is 3. The van der Waals surface area contributed by atoms with E-state index in [1.54, 1.807) is 0 Å². The summed E-state index contributed by atoms with van der Waals surface area (Å²) in [5.74, 6) is 0. The Morgan fingerprint density at radius 1 is 0.490 bits per heavy atom. The molecule has 7 aromatic carbocycles. The highest BCUT2D eigenvalue weighted by atomic mass is 15.2. The van der Waals surface area contributed by atoms with E-state index in [2.05, 4.69) is 140 Å². The van der Waals surface area contributed by atoms with Gasteiger partial charge in [0.15, 0.2) is 5.69 Å². The van der Waals surface area contributed by atoms with Gasteiger partial charge in [-0.15, -0.1) is 0 Å². The Hall–Kier alpha value is -7.08. The van der Waals surface area contributed by atoms with Crippen molar-refractivity contribution in [1.29, 1.82) is 5.26 Å². The van der Waals surface area contributed by atoms with Crippen molar-refractivity contribution in [3.05, 3.63) is 181 Å². The molecule has 2 aromatic heterocycles. The van der Waals surface area contributed by atoms with E-state index in [9.17, 15) is 5.26 Å². The molecule has 0 amide bonds. The van der Waals surface area contributed by atoms with E-state index in [0.717, 1.165) is 72.0 Å². The number of nitriles is 1. The van der Waals surface area contributed by atoms with Gasteiger partial charge in [0, 0.05) is 38.6 Å². The van der Waals surface area contributed by atoms with Gasteiger partial charge in [-0.1, -0.05) is 78.9 Å². The van der Waals surface area contributed by atoms with Gasteiger partial charge in [-0.2, -0.15) is 5.26 Å². The summed E-state index contributed by atoms with van der Waals surface area (Å²) in [5.41, 5.74) is 10.8. The molecule has 0 atom stereocenters. The number of nitrogens with zero attached hydrogens (tertiary/aromatic N) is 5. The fourth-order valence-electron chi connectivity index (χ4n) is 7.28. The molecule has 0 saturated carbocycles. The molecule has 5 heteroatoms. The summed E-state index contributed by atoms with van der Waals surface area (Å²) in [6.45, 7) is 7.46. The lowest BCUT2D eigenvalue weighted by molar-refractivity contribution is 1.18. The minimum atomic E-state index is 0.619. The van der Waals surface area contributed by atoms with Crippen LogP contribution in [-0.4, -0.2) is 9.13 Å². The summed E-state index contributed by atoms with van der Waals surface area (Å²) in [4.78, 5) is 6.00. The van der Waals surface area contributed by atoms with Gasteiger partial charge in [-0.3, -0.25) is 0 Å². The molecule has 0 spiro atoms. The number of aromatic nitrogens is 2. The highest BCUT2D eigenvalue weighted by Crippen LogP contribution is 2.47. The summed E-state index contributed by atoms with van der Waals surface area (Å²) in [5, 5.41) is 14.0. The molecule has 0 aliphatic carbocycles. The first-order valence-corrected chi connectivity index (χ1v) is 16.1. The Kier molecular flexibility index (Phi) is 6.50. The summed E-state index contributed by atoms with van der Waals surface area (Å²) in [6, 6.07) is 58.6. The molecule has 0 radical (unpaired) electrons. The van der Waals surface area contributed by atoms with Gasteiger partial charge in [-0.05, 0) is 84.9 Å². The van der Waals surface area contributed by atoms with Crippen LogP contribution in [0.1, 0.15) is 5.56 Å². The second kappa shape index (κ2) is 11.3. The quantitative estimate of drug-likeness (QED) is 0.179. The molecule has 0 bridgehead atoms. The third-order valence-corrected chi connectivity index (χ3v) is 9.34.